The predicted octanol–water partition coefficient (Wildman–Crippen LogP) is 4.89. The summed E-state index contributed by atoms with van der Waals surface area (Å²) >= 11 is 0. The molecule has 3 aliphatic rings. The summed E-state index contributed by atoms with van der Waals surface area (Å²) < 4.78 is 28.6. The van der Waals surface area contributed by atoms with Gasteiger partial charge in [-0.15, -0.1) is 0 Å². The van der Waals surface area contributed by atoms with Crippen LogP contribution in [0.15, 0.2) is 72.7 Å². The largest absolute Gasteiger partial charge is 0.457 e. The average Bonchev–Trinajstić information content (AvgIpc) is 3.48. The van der Waals surface area contributed by atoms with Gasteiger partial charge in [-0.25, -0.2) is 14.4 Å². The molecular formula is C37H41FN8O3. The van der Waals surface area contributed by atoms with Crippen molar-refractivity contribution in [1.29, 1.82) is 5.26 Å². The highest BCUT2D eigenvalue weighted by Crippen LogP contribution is 2.37. The maximum Gasteiger partial charge on any atom is 0.264 e. The smallest absolute Gasteiger partial charge is 0.264 e. The van der Waals surface area contributed by atoms with Gasteiger partial charge in [-0.1, -0.05) is 18.2 Å². The van der Waals surface area contributed by atoms with Gasteiger partial charge in [0, 0.05) is 68.6 Å². The third-order valence-corrected chi connectivity index (χ3v) is 10.1. The molecule has 2 aromatic heterocycles. The van der Waals surface area contributed by atoms with E-state index in [9.17, 15) is 10.1 Å². The third kappa shape index (κ3) is 6.62. The van der Waals surface area contributed by atoms with Gasteiger partial charge in [-0.2, -0.15) is 5.26 Å². The minimum atomic E-state index is -0.495. The van der Waals surface area contributed by atoms with Crippen LogP contribution in [-0.4, -0.2) is 99.2 Å². The molecule has 254 valence electrons. The number of piperazine rings is 1. The molecule has 0 radical (unpaired) electrons. The number of hydrogen-bond acceptors (Lipinski definition) is 9. The lowest BCUT2D eigenvalue weighted by atomic mass is 9.91. The molecule has 2 N–H and O–H groups in total. The van der Waals surface area contributed by atoms with Crippen LogP contribution in [0.5, 0.6) is 11.5 Å². The molecule has 49 heavy (non-hydrogen) atoms. The van der Waals surface area contributed by atoms with Gasteiger partial charge >= 0.3 is 0 Å². The first-order valence-electron chi connectivity index (χ1n) is 16.8. The van der Waals surface area contributed by atoms with Gasteiger partial charge < -0.3 is 24.7 Å². The Bertz CT molecular complexity index is 1910. The molecule has 3 aliphatic heterocycles. The standard InChI is InChI=1S/C37H41FN8O3/c1-37(2,45-15-13-43(14-16-45)27-22-48-23-27)18-26(19-39)36(47)44-12-6-7-25(20-44)30-21-46(34-33(30)41-24-42-35(34)40)32-11-10-29(17-31(32)38)49-28-8-4-3-5-9-28/h3-5,8-11,17-18,21,24-25,27H,6-7,12-16,20,22-23H2,1-2H3,(H2,40,41,42)/t25-/m1/s1. The van der Waals surface area contributed by atoms with Crippen molar-refractivity contribution < 1.29 is 18.7 Å². The Kier molecular flexibility index (Phi) is 9.07. The molecule has 1 amide bonds. The number of halogens is 1. The molecule has 5 heterocycles. The van der Waals surface area contributed by atoms with E-state index in [4.69, 9.17) is 15.2 Å². The number of carbonyl (C=O) groups is 1. The van der Waals surface area contributed by atoms with Crippen LogP contribution in [0.2, 0.25) is 0 Å². The minimum Gasteiger partial charge on any atom is -0.457 e. The van der Waals surface area contributed by atoms with E-state index in [-0.39, 0.29) is 28.9 Å². The maximum absolute atomic E-state index is 15.7. The number of rotatable bonds is 8. The number of nitrogens with zero attached hydrogens (tertiary/aromatic N) is 7. The topological polar surface area (TPSA) is 126 Å². The van der Waals surface area contributed by atoms with Crippen molar-refractivity contribution in [1.82, 2.24) is 29.2 Å². The monoisotopic (exact) mass is 664 g/mol. The molecule has 0 unspecified atom stereocenters. The van der Waals surface area contributed by atoms with Crippen molar-refractivity contribution in [3.63, 3.8) is 0 Å². The highest BCUT2D eigenvalue weighted by Gasteiger charge is 2.35. The summed E-state index contributed by atoms with van der Waals surface area (Å²) in [5.74, 6) is 0.325. The van der Waals surface area contributed by atoms with Crippen molar-refractivity contribution in [2.45, 2.75) is 44.2 Å². The fourth-order valence-corrected chi connectivity index (χ4v) is 7.24. The summed E-state index contributed by atoms with van der Waals surface area (Å²) in [5.41, 5.74) is 8.29. The van der Waals surface area contributed by atoms with Gasteiger partial charge in [-0.3, -0.25) is 14.6 Å². The normalized spacial score (nSPS) is 19.8. The van der Waals surface area contributed by atoms with Gasteiger partial charge in [0.2, 0.25) is 0 Å². The zero-order valence-electron chi connectivity index (χ0n) is 27.9. The predicted molar refractivity (Wildman–Crippen MR) is 184 cm³/mol. The Balaban J connectivity index is 1.11. The molecule has 2 aromatic carbocycles. The molecule has 7 rings (SSSR count). The Morgan fingerprint density at radius 3 is 2.55 bits per heavy atom. The van der Waals surface area contributed by atoms with Crippen molar-refractivity contribution in [3.8, 4) is 23.3 Å². The zero-order valence-corrected chi connectivity index (χ0v) is 27.9. The van der Waals surface area contributed by atoms with Gasteiger partial charge in [0.25, 0.3) is 5.91 Å². The molecule has 12 heteroatoms. The number of ether oxygens (including phenoxy) is 2. The first kappa shape index (κ1) is 32.7. The lowest BCUT2D eigenvalue weighted by Gasteiger charge is -2.46. The Labute approximate surface area is 285 Å². The van der Waals surface area contributed by atoms with Crippen LogP contribution < -0.4 is 10.5 Å². The van der Waals surface area contributed by atoms with E-state index in [0.29, 0.717) is 41.7 Å². The average molecular weight is 665 g/mol. The molecule has 3 saturated heterocycles. The summed E-state index contributed by atoms with van der Waals surface area (Å²) in [5, 5.41) is 10.2. The van der Waals surface area contributed by atoms with Crippen LogP contribution in [0.4, 0.5) is 10.2 Å². The number of nitrogens with two attached hydrogens (primary N) is 1. The van der Waals surface area contributed by atoms with Gasteiger partial charge in [0.05, 0.1) is 30.5 Å². The Morgan fingerprint density at radius 2 is 1.86 bits per heavy atom. The lowest BCUT2D eigenvalue weighted by Crippen LogP contribution is -2.59. The number of hydrogen-bond donors (Lipinski definition) is 1. The number of amides is 1. The second kappa shape index (κ2) is 13.6. The number of carbonyl (C=O) groups excluding carboxylic acids is 1. The van der Waals surface area contributed by atoms with E-state index in [2.05, 4.69) is 39.7 Å². The van der Waals surface area contributed by atoms with Crippen LogP contribution >= 0.6 is 0 Å². The maximum atomic E-state index is 15.7. The minimum absolute atomic E-state index is 0.101. The third-order valence-electron chi connectivity index (χ3n) is 10.1. The molecule has 0 spiro atoms. The number of aromatic nitrogens is 3. The highest BCUT2D eigenvalue weighted by atomic mass is 19.1. The molecule has 3 fully saturated rings. The van der Waals surface area contributed by atoms with Gasteiger partial charge in [0.1, 0.15) is 35.0 Å². The molecular weight excluding hydrogens is 623 g/mol. The van der Waals surface area contributed by atoms with Gasteiger partial charge in [0.15, 0.2) is 11.6 Å². The number of anilines is 1. The van der Waals surface area contributed by atoms with Crippen LogP contribution in [0.1, 0.15) is 38.2 Å². The van der Waals surface area contributed by atoms with Crippen molar-refractivity contribution in [2.24, 2.45) is 0 Å². The first-order valence-corrected chi connectivity index (χ1v) is 16.8. The Morgan fingerprint density at radius 1 is 1.08 bits per heavy atom. The molecule has 0 bridgehead atoms. The van der Waals surface area contributed by atoms with E-state index in [1.165, 1.54) is 12.4 Å². The van der Waals surface area contributed by atoms with E-state index in [0.717, 1.165) is 57.8 Å². The highest BCUT2D eigenvalue weighted by molar-refractivity contribution is 5.97. The summed E-state index contributed by atoms with van der Waals surface area (Å²) in [6.07, 6.45) is 6.63. The number of para-hydroxylation sites is 1. The fraction of sp³-hybridized carbons (Fsp3) is 0.405. The van der Waals surface area contributed by atoms with Crippen molar-refractivity contribution >= 4 is 22.8 Å². The zero-order chi connectivity index (χ0) is 34.1. The van der Waals surface area contributed by atoms with E-state index < -0.39 is 11.4 Å². The number of fused-ring (bicyclic) bond motifs is 1. The number of piperidine rings is 1. The van der Waals surface area contributed by atoms with Gasteiger partial charge in [-0.05, 0) is 57.0 Å². The van der Waals surface area contributed by atoms with Crippen LogP contribution in [-0.2, 0) is 9.53 Å². The number of likely N-dealkylation sites (tertiary alicyclic amines) is 1. The molecule has 11 nitrogen and oxygen atoms in total. The molecule has 0 aliphatic carbocycles. The number of nitrogen functional groups attached to an aromatic ring is 1. The number of benzene rings is 2. The summed E-state index contributed by atoms with van der Waals surface area (Å²) in [6, 6.07) is 16.6. The van der Waals surface area contributed by atoms with Crippen molar-refractivity contribution in [2.75, 3.05) is 58.2 Å². The van der Waals surface area contributed by atoms with Crippen LogP contribution in [0.3, 0.4) is 0 Å². The molecule has 1 atom stereocenters. The second-order valence-electron chi connectivity index (χ2n) is 13.6. The molecule has 4 aromatic rings. The first-order chi connectivity index (χ1) is 23.7. The van der Waals surface area contributed by atoms with Crippen molar-refractivity contribution in [3.05, 3.63) is 84.1 Å². The van der Waals surface area contributed by atoms with E-state index >= 15 is 4.39 Å². The van der Waals surface area contributed by atoms with E-state index in [1.807, 2.05) is 30.5 Å². The van der Waals surface area contributed by atoms with Crippen LogP contribution in [0, 0.1) is 17.1 Å². The fourth-order valence-electron chi connectivity index (χ4n) is 7.24. The SMILES string of the molecule is CC(C)(C=C(C#N)C(=O)N1CCC[C@@H](c2cn(-c3ccc(Oc4ccccc4)cc3F)c3c(N)ncnc23)C1)N1CCN(C2COC2)CC1. The summed E-state index contributed by atoms with van der Waals surface area (Å²) in [7, 11) is 0. The van der Waals surface area contributed by atoms with E-state index in [1.54, 1.807) is 33.7 Å². The quantitative estimate of drug-likeness (QED) is 0.207. The van der Waals surface area contributed by atoms with Crippen LogP contribution in [0.25, 0.3) is 16.7 Å². The second-order valence-corrected chi connectivity index (χ2v) is 13.6. The Hall–Kier alpha value is -4.83. The summed E-state index contributed by atoms with van der Waals surface area (Å²) in [6.45, 7) is 10.3. The lowest BCUT2D eigenvalue weighted by molar-refractivity contribution is -0.128. The molecule has 0 saturated carbocycles. The number of nitriles is 1. The summed E-state index contributed by atoms with van der Waals surface area (Å²) in [4.78, 5) is 29.2.